The minimum Gasteiger partial charge on any atom is -0.0616 e. The second kappa shape index (κ2) is 13.5. The molecule has 0 unspecified atom stereocenters. The maximum atomic E-state index is 2.48. The van der Waals surface area contributed by atoms with E-state index in [-0.39, 0.29) is 5.41 Å². The molecule has 0 fully saturated rings. The van der Waals surface area contributed by atoms with Crippen molar-refractivity contribution in [1.82, 2.24) is 0 Å². The van der Waals surface area contributed by atoms with Crippen LogP contribution in [0, 0.1) is 0 Å². The summed E-state index contributed by atoms with van der Waals surface area (Å²) in [6, 6.07) is 82.3. The van der Waals surface area contributed by atoms with E-state index in [1.54, 1.807) is 0 Å². The fraction of sp³-hybridized carbons (Fsp3) is 0.0462. The molecule has 14 rings (SSSR count). The lowest BCUT2D eigenvalue weighted by Crippen LogP contribution is -2.15. The van der Waals surface area contributed by atoms with E-state index in [0.29, 0.717) is 0 Å². The van der Waals surface area contributed by atoms with Crippen LogP contribution < -0.4 is 0 Å². The molecule has 0 atom stereocenters. The van der Waals surface area contributed by atoms with Crippen molar-refractivity contribution >= 4 is 86.2 Å². The molecule has 0 saturated carbocycles. The summed E-state index contributed by atoms with van der Waals surface area (Å²) in [7, 11) is 0. The number of hydrogen-bond donors (Lipinski definition) is 0. The summed E-state index contributed by atoms with van der Waals surface area (Å²) in [4.78, 5) is 0. The summed E-state index contributed by atoms with van der Waals surface area (Å²) >= 11 is 0. The lowest BCUT2D eigenvalue weighted by Gasteiger charge is -2.23. The van der Waals surface area contributed by atoms with Crippen LogP contribution in [0.2, 0.25) is 0 Å². The zero-order valence-corrected chi connectivity index (χ0v) is 36.3. The van der Waals surface area contributed by atoms with Crippen LogP contribution in [-0.4, -0.2) is 0 Å². The summed E-state index contributed by atoms with van der Waals surface area (Å²) in [5.74, 6) is 0. The average molecular weight is 823 g/mol. The highest BCUT2D eigenvalue weighted by atomic mass is 14.4. The average Bonchev–Trinajstić information content (AvgIpc) is 3.59. The third kappa shape index (κ3) is 5.26. The normalized spacial score (nSPS) is 13.2. The van der Waals surface area contributed by atoms with Crippen LogP contribution in [0.15, 0.2) is 218 Å². The number of fused-ring (bicyclic) bond motifs is 17. The topological polar surface area (TPSA) is 0 Å². The minimum atomic E-state index is -0.186. The van der Waals surface area contributed by atoms with Crippen LogP contribution in [0.3, 0.4) is 0 Å². The second-order valence-electron chi connectivity index (χ2n) is 18.8. The predicted molar refractivity (Wildman–Crippen MR) is 280 cm³/mol. The molecular weight excluding hydrogens is 781 g/mol. The summed E-state index contributed by atoms with van der Waals surface area (Å²) in [6.07, 6.45) is 0. The number of hydrogen-bond acceptors (Lipinski definition) is 0. The highest BCUT2D eigenvalue weighted by Crippen LogP contribution is 2.52. The third-order valence-corrected chi connectivity index (χ3v) is 15.0. The molecule has 0 heteroatoms. The van der Waals surface area contributed by atoms with Crippen molar-refractivity contribution in [3.63, 3.8) is 0 Å². The molecule has 302 valence electrons. The van der Waals surface area contributed by atoms with Gasteiger partial charge in [0.2, 0.25) is 0 Å². The van der Waals surface area contributed by atoms with Crippen molar-refractivity contribution in [3.05, 3.63) is 230 Å². The molecule has 65 heavy (non-hydrogen) atoms. The Kier molecular flexibility index (Phi) is 7.55. The van der Waals surface area contributed by atoms with Gasteiger partial charge in [0.25, 0.3) is 0 Å². The van der Waals surface area contributed by atoms with Crippen LogP contribution in [0.5, 0.6) is 0 Å². The molecule has 0 aromatic heterocycles. The Labute approximate surface area is 377 Å². The van der Waals surface area contributed by atoms with Crippen LogP contribution in [0.1, 0.15) is 25.0 Å². The fourth-order valence-corrected chi connectivity index (χ4v) is 11.8. The Balaban J connectivity index is 0.887. The molecule has 0 amide bonds. The van der Waals surface area contributed by atoms with Gasteiger partial charge >= 0.3 is 0 Å². The van der Waals surface area contributed by atoms with Gasteiger partial charge in [-0.1, -0.05) is 202 Å². The Bertz CT molecular complexity index is 4200. The predicted octanol–water partition coefficient (Wildman–Crippen LogP) is 18.2. The van der Waals surface area contributed by atoms with Crippen molar-refractivity contribution in [2.45, 2.75) is 19.3 Å². The number of benzene rings is 13. The van der Waals surface area contributed by atoms with Gasteiger partial charge in [-0.2, -0.15) is 0 Å². The molecular formula is C65H42. The third-order valence-electron chi connectivity index (χ3n) is 15.0. The lowest BCUT2D eigenvalue weighted by molar-refractivity contribution is 0.661. The minimum absolute atomic E-state index is 0.186. The van der Waals surface area contributed by atoms with Gasteiger partial charge in [-0.05, 0) is 172 Å². The van der Waals surface area contributed by atoms with Crippen LogP contribution in [0.25, 0.3) is 131 Å². The molecule has 0 bridgehead atoms. The van der Waals surface area contributed by atoms with E-state index in [1.165, 1.54) is 142 Å². The zero-order chi connectivity index (χ0) is 43.0. The lowest BCUT2D eigenvalue weighted by atomic mass is 9.80. The molecule has 0 spiro atoms. The van der Waals surface area contributed by atoms with Gasteiger partial charge in [-0.3, -0.25) is 0 Å². The van der Waals surface area contributed by atoms with Crippen molar-refractivity contribution in [2.75, 3.05) is 0 Å². The van der Waals surface area contributed by atoms with Crippen LogP contribution in [0.4, 0.5) is 0 Å². The first-order chi connectivity index (χ1) is 32.0. The summed E-state index contributed by atoms with van der Waals surface area (Å²) in [5.41, 5.74) is 12.7. The Morgan fingerprint density at radius 1 is 0.231 bits per heavy atom. The molecule has 0 heterocycles. The first-order valence-electron chi connectivity index (χ1n) is 22.9. The van der Waals surface area contributed by atoms with Gasteiger partial charge in [0, 0.05) is 5.41 Å². The second-order valence-corrected chi connectivity index (χ2v) is 18.8. The first kappa shape index (κ1) is 36.4. The fourth-order valence-electron chi connectivity index (χ4n) is 11.8. The standard InChI is InChI=1S/C65H42/c1-65(2)59-37-44(43-15-11-16-45(34-43)58-36-47-26-23-40-13-4-7-18-50(40)62(47)64-51-19-8-5-14-41(51)28-33-56(58)64)29-31-53(59)54-32-30-46(38-60(54)65)57-35-48-27-25-42-24-22-39-12-3-6-17-49(39)61(42)63(48)55-21-10-9-20-52(55)57/h3-38H,1-2H3. The van der Waals surface area contributed by atoms with Gasteiger partial charge in [-0.15, -0.1) is 0 Å². The monoisotopic (exact) mass is 822 g/mol. The molecule has 1 aliphatic rings. The molecule has 0 radical (unpaired) electrons. The summed E-state index contributed by atoms with van der Waals surface area (Å²) < 4.78 is 0. The van der Waals surface area contributed by atoms with E-state index in [1.807, 2.05) is 0 Å². The largest absolute Gasteiger partial charge is 0.0616 e. The van der Waals surface area contributed by atoms with Crippen molar-refractivity contribution in [3.8, 4) is 44.5 Å². The van der Waals surface area contributed by atoms with E-state index in [9.17, 15) is 0 Å². The molecule has 0 aliphatic heterocycles. The van der Waals surface area contributed by atoms with Crippen molar-refractivity contribution in [1.29, 1.82) is 0 Å². The molecule has 13 aromatic carbocycles. The zero-order valence-electron chi connectivity index (χ0n) is 36.3. The Hall–Kier alpha value is -8.06. The summed E-state index contributed by atoms with van der Waals surface area (Å²) in [6.45, 7) is 4.82. The highest BCUT2D eigenvalue weighted by molar-refractivity contribution is 6.31. The van der Waals surface area contributed by atoms with Crippen molar-refractivity contribution < 1.29 is 0 Å². The molecule has 1 aliphatic carbocycles. The van der Waals surface area contributed by atoms with Gasteiger partial charge in [0.1, 0.15) is 0 Å². The van der Waals surface area contributed by atoms with Crippen LogP contribution in [-0.2, 0) is 5.41 Å². The van der Waals surface area contributed by atoms with Gasteiger partial charge in [0.15, 0.2) is 0 Å². The van der Waals surface area contributed by atoms with Gasteiger partial charge < -0.3 is 0 Å². The van der Waals surface area contributed by atoms with E-state index >= 15 is 0 Å². The molecule has 0 saturated heterocycles. The van der Waals surface area contributed by atoms with E-state index in [0.717, 1.165) is 0 Å². The van der Waals surface area contributed by atoms with E-state index in [2.05, 4.69) is 232 Å². The van der Waals surface area contributed by atoms with Crippen molar-refractivity contribution in [2.24, 2.45) is 0 Å². The van der Waals surface area contributed by atoms with Crippen LogP contribution >= 0.6 is 0 Å². The quantitative estimate of drug-likeness (QED) is 0.156. The summed E-state index contributed by atoms with van der Waals surface area (Å²) in [5, 5.41) is 20.7. The maximum absolute atomic E-state index is 2.48. The highest BCUT2D eigenvalue weighted by Gasteiger charge is 2.36. The molecule has 0 nitrogen and oxygen atoms in total. The van der Waals surface area contributed by atoms with E-state index in [4.69, 9.17) is 0 Å². The van der Waals surface area contributed by atoms with Gasteiger partial charge in [-0.25, -0.2) is 0 Å². The maximum Gasteiger partial charge on any atom is 0.0159 e. The number of rotatable bonds is 3. The molecule has 0 N–H and O–H groups in total. The smallest absolute Gasteiger partial charge is 0.0159 e. The molecule has 13 aromatic rings. The first-order valence-corrected chi connectivity index (χ1v) is 22.9. The van der Waals surface area contributed by atoms with Gasteiger partial charge in [0.05, 0.1) is 0 Å². The van der Waals surface area contributed by atoms with E-state index < -0.39 is 0 Å². The Morgan fingerprint density at radius 2 is 0.646 bits per heavy atom. The SMILES string of the molecule is CC1(C)c2cc(-c3cccc(-c4cc5ccc6ccccc6c5c5c4ccc4ccccc45)c3)ccc2-c2ccc(-c3cc4ccc5ccc6ccccc6c5c4c4ccccc34)cc21. The Morgan fingerprint density at radius 3 is 1.29 bits per heavy atom.